The van der Waals surface area contributed by atoms with E-state index >= 15 is 0 Å². The fraction of sp³-hybridized carbons (Fsp3) is 0.300. The van der Waals surface area contributed by atoms with Gasteiger partial charge in [0, 0.05) is 0 Å². The van der Waals surface area contributed by atoms with Crippen molar-refractivity contribution in [1.82, 2.24) is 5.32 Å². The molecule has 0 bridgehead atoms. The molecule has 0 saturated carbocycles. The van der Waals surface area contributed by atoms with E-state index in [1.165, 1.54) is 0 Å². The molecule has 0 unspecified atom stereocenters. The minimum atomic E-state index is -4.23. The van der Waals surface area contributed by atoms with Crippen LogP contribution in [0.25, 0.3) is 0 Å². The molecule has 1 atom stereocenters. The molecule has 0 radical (unpaired) electrons. The van der Waals surface area contributed by atoms with Crippen LogP contribution in [0.15, 0.2) is 30.3 Å². The van der Waals surface area contributed by atoms with Crippen LogP contribution in [0.1, 0.15) is 5.56 Å². The first-order chi connectivity index (χ1) is 7.88. The Morgan fingerprint density at radius 2 is 1.94 bits per heavy atom. The number of hydrogen-bond donors (Lipinski definition) is 4. The van der Waals surface area contributed by atoms with Gasteiger partial charge in [-0.05, 0) is 12.0 Å². The number of hydrogen-bond acceptors (Lipinski definition) is 3. The molecule has 1 aromatic rings. The topological polar surface area (TPSA) is 113 Å². The Labute approximate surface area is 99.0 Å². The Morgan fingerprint density at radius 3 is 2.47 bits per heavy atom. The van der Waals surface area contributed by atoms with Gasteiger partial charge in [-0.15, -0.1) is 0 Å². The quantitative estimate of drug-likeness (QED) is 0.547. The van der Waals surface area contributed by atoms with Gasteiger partial charge in [0.15, 0.2) is 0 Å². The largest absolute Gasteiger partial charge is 0.344 e. The van der Waals surface area contributed by atoms with E-state index in [-0.39, 0.29) is 0 Å². The standard InChI is InChI=1S/C10H15N2O4P/c11-9(6-8-4-2-1-3-5-8)10(13)12-7-17(14,15)16/h1-5,9H,6-7,11H2,(H,12,13)(H2,14,15,16)/t9-/m0/s1. The lowest BCUT2D eigenvalue weighted by molar-refractivity contribution is -0.122. The van der Waals surface area contributed by atoms with Crippen LogP contribution in [-0.4, -0.2) is 28.0 Å². The maximum atomic E-state index is 11.4. The Hall–Kier alpha value is -1.20. The van der Waals surface area contributed by atoms with Crippen LogP contribution >= 0.6 is 7.60 Å². The third kappa shape index (κ3) is 5.60. The van der Waals surface area contributed by atoms with Crippen LogP contribution in [-0.2, 0) is 15.8 Å². The first-order valence-corrected chi connectivity index (χ1v) is 6.80. The van der Waals surface area contributed by atoms with Crippen molar-refractivity contribution in [3.63, 3.8) is 0 Å². The molecule has 6 nitrogen and oxygen atoms in total. The Bertz CT molecular complexity index is 418. The maximum Gasteiger partial charge on any atom is 0.344 e. The number of rotatable bonds is 5. The van der Waals surface area contributed by atoms with E-state index in [4.69, 9.17) is 15.5 Å². The highest BCUT2D eigenvalue weighted by molar-refractivity contribution is 7.51. The van der Waals surface area contributed by atoms with Crippen LogP contribution in [0.4, 0.5) is 0 Å². The summed E-state index contributed by atoms with van der Waals surface area (Å²) < 4.78 is 10.6. The van der Waals surface area contributed by atoms with E-state index in [9.17, 15) is 9.36 Å². The summed E-state index contributed by atoms with van der Waals surface area (Å²) in [6, 6.07) is 8.35. The summed E-state index contributed by atoms with van der Waals surface area (Å²) >= 11 is 0. The van der Waals surface area contributed by atoms with Crippen molar-refractivity contribution in [2.24, 2.45) is 5.73 Å². The van der Waals surface area contributed by atoms with E-state index in [2.05, 4.69) is 5.32 Å². The molecule has 7 heteroatoms. The highest BCUT2D eigenvalue weighted by atomic mass is 31.2. The molecule has 1 amide bonds. The lowest BCUT2D eigenvalue weighted by Gasteiger charge is -2.12. The van der Waals surface area contributed by atoms with Crippen molar-refractivity contribution in [2.45, 2.75) is 12.5 Å². The molecule has 0 aromatic heterocycles. The van der Waals surface area contributed by atoms with Gasteiger partial charge < -0.3 is 20.8 Å². The van der Waals surface area contributed by atoms with Gasteiger partial charge in [-0.25, -0.2) is 0 Å². The highest BCUT2D eigenvalue weighted by Crippen LogP contribution is 2.31. The zero-order chi connectivity index (χ0) is 12.9. The van der Waals surface area contributed by atoms with E-state index < -0.39 is 25.8 Å². The minimum Gasteiger partial charge on any atom is -0.343 e. The highest BCUT2D eigenvalue weighted by Gasteiger charge is 2.18. The summed E-state index contributed by atoms with van der Waals surface area (Å²) in [4.78, 5) is 28.6. The van der Waals surface area contributed by atoms with Gasteiger partial charge in [0.05, 0.1) is 6.04 Å². The number of nitrogens with one attached hydrogen (secondary N) is 1. The smallest absolute Gasteiger partial charge is 0.343 e. The lowest BCUT2D eigenvalue weighted by atomic mass is 10.1. The van der Waals surface area contributed by atoms with Crippen molar-refractivity contribution in [3.05, 3.63) is 35.9 Å². The molecule has 1 rings (SSSR count). The molecule has 0 saturated heterocycles. The molecule has 0 aliphatic rings. The second kappa shape index (κ2) is 5.93. The van der Waals surface area contributed by atoms with Gasteiger partial charge in [0.2, 0.25) is 5.91 Å². The fourth-order valence-corrected chi connectivity index (χ4v) is 1.63. The molecule has 0 spiro atoms. The lowest BCUT2D eigenvalue weighted by Crippen LogP contribution is -2.42. The van der Waals surface area contributed by atoms with E-state index in [0.29, 0.717) is 6.42 Å². The average Bonchev–Trinajstić information content (AvgIpc) is 2.26. The van der Waals surface area contributed by atoms with Crippen LogP contribution in [0.3, 0.4) is 0 Å². The molecular formula is C10H15N2O4P. The summed E-state index contributed by atoms with van der Waals surface area (Å²) in [6.45, 7) is 0. The van der Waals surface area contributed by atoms with Crippen LogP contribution in [0, 0.1) is 0 Å². The molecule has 17 heavy (non-hydrogen) atoms. The first-order valence-electron chi connectivity index (χ1n) is 5.00. The Morgan fingerprint density at radius 1 is 1.35 bits per heavy atom. The minimum absolute atomic E-state index is 0.327. The van der Waals surface area contributed by atoms with E-state index in [0.717, 1.165) is 5.56 Å². The van der Waals surface area contributed by atoms with Gasteiger partial charge in [-0.1, -0.05) is 30.3 Å². The van der Waals surface area contributed by atoms with Crippen molar-refractivity contribution in [2.75, 3.05) is 6.29 Å². The Kier molecular flexibility index (Phi) is 4.84. The predicted octanol–water partition coefficient (Wildman–Crippen LogP) is -0.192. The third-order valence-electron chi connectivity index (χ3n) is 2.09. The van der Waals surface area contributed by atoms with Crippen LogP contribution in [0.2, 0.25) is 0 Å². The number of amides is 1. The predicted molar refractivity (Wildman–Crippen MR) is 63.2 cm³/mol. The molecule has 0 aliphatic heterocycles. The molecular weight excluding hydrogens is 243 g/mol. The summed E-state index contributed by atoms with van der Waals surface area (Å²) in [5.74, 6) is -0.572. The molecule has 94 valence electrons. The second-order valence-electron chi connectivity index (χ2n) is 3.66. The maximum absolute atomic E-state index is 11.4. The van der Waals surface area contributed by atoms with E-state index in [1.807, 2.05) is 30.3 Å². The van der Waals surface area contributed by atoms with Crippen molar-refractivity contribution in [3.8, 4) is 0 Å². The molecule has 5 N–H and O–H groups in total. The van der Waals surface area contributed by atoms with Gasteiger partial charge in [0.25, 0.3) is 0 Å². The second-order valence-corrected chi connectivity index (χ2v) is 5.31. The van der Waals surface area contributed by atoms with Crippen LogP contribution in [0.5, 0.6) is 0 Å². The molecule has 0 aliphatic carbocycles. The van der Waals surface area contributed by atoms with Gasteiger partial charge in [0.1, 0.15) is 6.29 Å². The average molecular weight is 258 g/mol. The van der Waals surface area contributed by atoms with Gasteiger partial charge in [-0.3, -0.25) is 9.36 Å². The molecule has 0 heterocycles. The zero-order valence-corrected chi connectivity index (χ0v) is 10.0. The van der Waals surface area contributed by atoms with Crippen LogP contribution < -0.4 is 11.1 Å². The van der Waals surface area contributed by atoms with Gasteiger partial charge >= 0.3 is 7.60 Å². The van der Waals surface area contributed by atoms with Gasteiger partial charge in [-0.2, -0.15) is 0 Å². The third-order valence-corrected chi connectivity index (χ3v) is 2.66. The monoisotopic (exact) mass is 258 g/mol. The molecule has 0 fully saturated rings. The SMILES string of the molecule is N[C@@H](Cc1ccccc1)C(=O)NCP(=O)(O)O. The zero-order valence-electron chi connectivity index (χ0n) is 9.11. The van der Waals surface area contributed by atoms with Crippen molar-refractivity contribution in [1.29, 1.82) is 0 Å². The normalized spacial score (nSPS) is 13.1. The van der Waals surface area contributed by atoms with E-state index in [1.54, 1.807) is 0 Å². The Balaban J connectivity index is 2.45. The summed E-state index contributed by atoms with van der Waals surface area (Å²) in [5, 5.41) is 2.12. The first kappa shape index (κ1) is 13.9. The number of nitrogens with two attached hydrogens (primary N) is 1. The van der Waals surface area contributed by atoms with Crippen molar-refractivity contribution < 1.29 is 19.1 Å². The van der Waals surface area contributed by atoms with Crippen molar-refractivity contribution >= 4 is 13.5 Å². The molecule has 1 aromatic carbocycles. The number of carbonyl (C=O) groups is 1. The fourth-order valence-electron chi connectivity index (χ4n) is 1.27. The summed E-state index contributed by atoms with van der Waals surface area (Å²) in [7, 11) is -4.23. The number of carbonyl (C=O) groups excluding carboxylic acids is 1. The number of benzene rings is 1. The summed E-state index contributed by atoms with van der Waals surface area (Å²) in [6.07, 6.45) is -0.359. The summed E-state index contributed by atoms with van der Waals surface area (Å²) in [5.41, 5.74) is 6.51.